The molecular weight excluding hydrogens is 306 g/mol. The van der Waals surface area contributed by atoms with Gasteiger partial charge in [-0.05, 0) is 76.1 Å². The predicted octanol–water partition coefficient (Wildman–Crippen LogP) is 5.88. The zero-order valence-electron chi connectivity index (χ0n) is 17.6. The third-order valence-corrected chi connectivity index (χ3v) is 4.90. The Bertz CT molecular complexity index is 523. The summed E-state index contributed by atoms with van der Waals surface area (Å²) in [5.74, 6) is 0. The highest BCUT2D eigenvalue weighted by molar-refractivity contribution is 5.71. The van der Waals surface area contributed by atoms with Crippen LogP contribution in [0.15, 0.2) is 24.3 Å². The molecule has 0 atom stereocenters. The maximum atomic E-state index is 5.33. The van der Waals surface area contributed by atoms with E-state index >= 15 is 0 Å². The van der Waals surface area contributed by atoms with Gasteiger partial charge >= 0.3 is 0 Å². The van der Waals surface area contributed by atoms with Crippen LogP contribution in [0.4, 0.5) is 0 Å². The van der Waals surface area contributed by atoms with Crippen LogP contribution in [0.1, 0.15) is 70.6 Å². The first-order valence-electron chi connectivity index (χ1n) is 9.94. The van der Waals surface area contributed by atoms with Crippen LogP contribution < -0.4 is 0 Å². The van der Waals surface area contributed by atoms with Gasteiger partial charge in [0.15, 0.2) is 0 Å². The molecule has 0 fully saturated rings. The zero-order valence-corrected chi connectivity index (χ0v) is 17.6. The van der Waals surface area contributed by atoms with E-state index in [0.717, 1.165) is 32.4 Å². The van der Waals surface area contributed by atoms with Crippen molar-refractivity contribution in [3.05, 3.63) is 41.0 Å². The first kappa shape index (κ1) is 21.9. The van der Waals surface area contributed by atoms with Crippen LogP contribution in [0.25, 0.3) is 5.57 Å². The second kappa shape index (κ2) is 11.5. The standard InChI is InChI=1S/C23H39NO/c1-8-9-12-21(14-16-24(18(2)3)19(4)5)23-20(6)11-10-13-22(23)15-17-25-7/h10-13,18-19H,8-9,14-17H2,1-7H3/b21-12-. The largest absolute Gasteiger partial charge is 0.384 e. The lowest BCUT2D eigenvalue weighted by atomic mass is 9.90. The Balaban J connectivity index is 3.11. The molecule has 0 aliphatic carbocycles. The van der Waals surface area contributed by atoms with Crippen LogP contribution in [-0.2, 0) is 11.2 Å². The van der Waals surface area contributed by atoms with Gasteiger partial charge in [-0.3, -0.25) is 4.90 Å². The summed E-state index contributed by atoms with van der Waals surface area (Å²) < 4.78 is 5.33. The molecule has 25 heavy (non-hydrogen) atoms. The van der Waals surface area contributed by atoms with Crippen molar-refractivity contribution in [2.75, 3.05) is 20.3 Å². The highest BCUT2D eigenvalue weighted by Crippen LogP contribution is 2.28. The first-order valence-corrected chi connectivity index (χ1v) is 9.94. The lowest BCUT2D eigenvalue weighted by molar-refractivity contribution is 0.179. The summed E-state index contributed by atoms with van der Waals surface area (Å²) in [4.78, 5) is 2.59. The summed E-state index contributed by atoms with van der Waals surface area (Å²) in [5.41, 5.74) is 5.78. The summed E-state index contributed by atoms with van der Waals surface area (Å²) in [6.45, 7) is 15.6. The van der Waals surface area contributed by atoms with Crippen molar-refractivity contribution in [2.24, 2.45) is 0 Å². The fourth-order valence-corrected chi connectivity index (χ4v) is 3.62. The number of allylic oxidation sites excluding steroid dienone is 1. The number of hydrogen-bond acceptors (Lipinski definition) is 2. The first-order chi connectivity index (χ1) is 11.9. The zero-order chi connectivity index (χ0) is 18.8. The van der Waals surface area contributed by atoms with Gasteiger partial charge in [0.2, 0.25) is 0 Å². The van der Waals surface area contributed by atoms with E-state index in [1.54, 1.807) is 7.11 Å². The van der Waals surface area contributed by atoms with Crippen molar-refractivity contribution in [1.82, 2.24) is 4.90 Å². The highest BCUT2D eigenvalue weighted by atomic mass is 16.5. The molecule has 1 aromatic rings. The van der Waals surface area contributed by atoms with E-state index in [0.29, 0.717) is 12.1 Å². The van der Waals surface area contributed by atoms with Crippen molar-refractivity contribution >= 4 is 5.57 Å². The van der Waals surface area contributed by atoms with E-state index in [2.05, 4.69) is 70.7 Å². The van der Waals surface area contributed by atoms with Crippen LogP contribution in [-0.4, -0.2) is 37.2 Å². The molecule has 2 heteroatoms. The van der Waals surface area contributed by atoms with Gasteiger partial charge in [0.1, 0.15) is 0 Å². The predicted molar refractivity (Wildman–Crippen MR) is 111 cm³/mol. The number of hydrogen-bond donors (Lipinski definition) is 0. The average molecular weight is 346 g/mol. The van der Waals surface area contributed by atoms with Crippen LogP contribution >= 0.6 is 0 Å². The minimum atomic E-state index is 0.581. The van der Waals surface area contributed by atoms with Crippen LogP contribution in [0, 0.1) is 6.92 Å². The molecule has 0 aliphatic rings. The number of nitrogens with zero attached hydrogens (tertiary/aromatic N) is 1. The molecule has 0 aliphatic heterocycles. The molecule has 0 spiro atoms. The summed E-state index contributed by atoms with van der Waals surface area (Å²) in [5, 5.41) is 0. The Kier molecular flexibility index (Phi) is 10.1. The van der Waals surface area contributed by atoms with E-state index in [9.17, 15) is 0 Å². The van der Waals surface area contributed by atoms with Gasteiger partial charge in [0.25, 0.3) is 0 Å². The minimum Gasteiger partial charge on any atom is -0.384 e. The van der Waals surface area contributed by atoms with E-state index in [4.69, 9.17) is 4.74 Å². The van der Waals surface area contributed by atoms with E-state index < -0.39 is 0 Å². The minimum absolute atomic E-state index is 0.581. The lowest BCUT2D eigenvalue weighted by Gasteiger charge is -2.31. The molecule has 0 bridgehead atoms. The quantitative estimate of drug-likeness (QED) is 0.497. The molecule has 0 N–H and O–H groups in total. The lowest BCUT2D eigenvalue weighted by Crippen LogP contribution is -2.37. The topological polar surface area (TPSA) is 12.5 Å². The van der Waals surface area contributed by atoms with E-state index in [1.165, 1.54) is 28.7 Å². The molecule has 2 nitrogen and oxygen atoms in total. The summed E-state index contributed by atoms with van der Waals surface area (Å²) in [6.07, 6.45) is 6.91. The molecule has 1 aromatic carbocycles. The van der Waals surface area contributed by atoms with Gasteiger partial charge in [0, 0.05) is 25.7 Å². The highest BCUT2D eigenvalue weighted by Gasteiger charge is 2.16. The van der Waals surface area contributed by atoms with Crippen molar-refractivity contribution in [3.63, 3.8) is 0 Å². The number of aryl methyl sites for hydroxylation is 1. The monoisotopic (exact) mass is 345 g/mol. The second-order valence-electron chi connectivity index (χ2n) is 7.55. The third kappa shape index (κ3) is 6.95. The van der Waals surface area contributed by atoms with Gasteiger partial charge in [0.05, 0.1) is 6.61 Å². The molecule has 0 saturated carbocycles. The molecule has 0 saturated heterocycles. The molecule has 0 amide bonds. The number of rotatable bonds is 11. The Labute approximate surface area is 156 Å². The maximum absolute atomic E-state index is 5.33. The van der Waals surface area contributed by atoms with Gasteiger partial charge in [-0.15, -0.1) is 0 Å². The number of ether oxygens (including phenoxy) is 1. The summed E-state index contributed by atoms with van der Waals surface area (Å²) in [6, 6.07) is 7.85. The molecule has 0 heterocycles. The van der Waals surface area contributed by atoms with Crippen molar-refractivity contribution < 1.29 is 4.74 Å². The van der Waals surface area contributed by atoms with Crippen molar-refractivity contribution in [2.45, 2.75) is 79.3 Å². The average Bonchev–Trinajstić information content (AvgIpc) is 2.56. The molecule has 0 unspecified atom stereocenters. The Morgan fingerprint density at radius 2 is 1.84 bits per heavy atom. The molecule has 142 valence electrons. The summed E-state index contributed by atoms with van der Waals surface area (Å²) >= 11 is 0. The molecule has 0 aromatic heterocycles. The number of unbranched alkanes of at least 4 members (excludes halogenated alkanes) is 1. The van der Waals surface area contributed by atoms with E-state index in [1.807, 2.05) is 0 Å². The number of benzene rings is 1. The van der Waals surface area contributed by atoms with Gasteiger partial charge < -0.3 is 4.74 Å². The van der Waals surface area contributed by atoms with Crippen molar-refractivity contribution in [3.8, 4) is 0 Å². The Morgan fingerprint density at radius 1 is 1.16 bits per heavy atom. The van der Waals surface area contributed by atoms with Crippen molar-refractivity contribution in [1.29, 1.82) is 0 Å². The third-order valence-electron chi connectivity index (χ3n) is 4.90. The fourth-order valence-electron chi connectivity index (χ4n) is 3.62. The second-order valence-corrected chi connectivity index (χ2v) is 7.55. The molecular formula is C23H39NO. The molecule has 0 radical (unpaired) electrons. The molecule has 1 rings (SSSR count). The van der Waals surface area contributed by atoms with Gasteiger partial charge in [-0.25, -0.2) is 0 Å². The Morgan fingerprint density at radius 3 is 2.40 bits per heavy atom. The van der Waals surface area contributed by atoms with E-state index in [-0.39, 0.29) is 0 Å². The van der Waals surface area contributed by atoms with Crippen LogP contribution in [0.2, 0.25) is 0 Å². The van der Waals surface area contributed by atoms with Crippen LogP contribution in [0.3, 0.4) is 0 Å². The Hall–Kier alpha value is -1.12. The fraction of sp³-hybridized carbons (Fsp3) is 0.652. The summed E-state index contributed by atoms with van der Waals surface area (Å²) in [7, 11) is 1.78. The maximum Gasteiger partial charge on any atom is 0.0502 e. The number of methoxy groups -OCH3 is 1. The van der Waals surface area contributed by atoms with Gasteiger partial charge in [-0.2, -0.15) is 0 Å². The van der Waals surface area contributed by atoms with Crippen LogP contribution in [0.5, 0.6) is 0 Å². The van der Waals surface area contributed by atoms with Gasteiger partial charge in [-0.1, -0.05) is 37.6 Å². The SMILES string of the molecule is CCC/C=C(/CCN(C(C)C)C(C)C)c1c(C)cccc1CCOC. The smallest absolute Gasteiger partial charge is 0.0502 e. The normalized spacial score (nSPS) is 12.6.